The number of nitrogens with zero attached hydrogens (tertiary/aromatic N) is 2. The molecule has 4 nitrogen and oxygen atoms in total. The number of benzene rings is 1. The first-order valence-corrected chi connectivity index (χ1v) is 5.92. The molecule has 1 heterocycles. The monoisotopic (exact) mass is 254 g/mol. The van der Waals surface area contributed by atoms with Gasteiger partial charge < -0.3 is 4.74 Å². The Morgan fingerprint density at radius 1 is 1.26 bits per heavy atom. The van der Waals surface area contributed by atoms with Gasteiger partial charge in [-0.25, -0.2) is 9.78 Å². The van der Waals surface area contributed by atoms with Crippen LogP contribution in [0.15, 0.2) is 30.5 Å². The molecular formula is C15H14N2O2. The molecule has 0 unspecified atom stereocenters. The normalized spacial score (nSPS) is 11.1. The Morgan fingerprint density at radius 2 is 2.00 bits per heavy atom. The number of esters is 1. The van der Waals surface area contributed by atoms with Gasteiger partial charge in [0.15, 0.2) is 0 Å². The van der Waals surface area contributed by atoms with Crippen LogP contribution in [0.4, 0.5) is 0 Å². The van der Waals surface area contributed by atoms with E-state index in [4.69, 9.17) is 10.00 Å². The molecule has 0 spiro atoms. The summed E-state index contributed by atoms with van der Waals surface area (Å²) < 4.78 is 5.26. The predicted molar refractivity (Wildman–Crippen MR) is 71.6 cm³/mol. The van der Waals surface area contributed by atoms with E-state index >= 15 is 0 Å². The Hall–Kier alpha value is -2.41. The number of carbonyl (C=O) groups excluding carboxylic acids is 1. The van der Waals surface area contributed by atoms with Crippen LogP contribution in [0.5, 0.6) is 0 Å². The lowest BCUT2D eigenvalue weighted by atomic mass is 10.1. The minimum atomic E-state index is -0.543. The predicted octanol–water partition coefficient (Wildman–Crippen LogP) is 3.06. The SMILES string of the molecule is CC(C)(C)OC(=O)c1cc2ccc(C#N)cc2cn1. The molecule has 0 saturated heterocycles. The van der Waals surface area contributed by atoms with Crippen molar-refractivity contribution < 1.29 is 9.53 Å². The van der Waals surface area contributed by atoms with Crippen molar-refractivity contribution in [3.05, 3.63) is 41.7 Å². The van der Waals surface area contributed by atoms with E-state index in [0.29, 0.717) is 5.56 Å². The van der Waals surface area contributed by atoms with Crippen LogP contribution in [0, 0.1) is 11.3 Å². The number of fused-ring (bicyclic) bond motifs is 1. The first-order chi connectivity index (χ1) is 8.89. The maximum absolute atomic E-state index is 11.9. The first-order valence-electron chi connectivity index (χ1n) is 5.92. The minimum Gasteiger partial charge on any atom is -0.455 e. The van der Waals surface area contributed by atoms with Crippen LogP contribution in [0.2, 0.25) is 0 Å². The van der Waals surface area contributed by atoms with Gasteiger partial charge >= 0.3 is 5.97 Å². The lowest BCUT2D eigenvalue weighted by molar-refractivity contribution is 0.00631. The highest BCUT2D eigenvalue weighted by Crippen LogP contribution is 2.18. The third-order valence-electron chi connectivity index (χ3n) is 2.46. The molecule has 4 heteroatoms. The van der Waals surface area contributed by atoms with Crippen molar-refractivity contribution in [2.24, 2.45) is 0 Å². The maximum Gasteiger partial charge on any atom is 0.357 e. The molecule has 0 aliphatic rings. The fraction of sp³-hybridized carbons (Fsp3) is 0.267. The summed E-state index contributed by atoms with van der Waals surface area (Å²) in [6.07, 6.45) is 1.58. The Balaban J connectivity index is 2.37. The summed E-state index contributed by atoms with van der Waals surface area (Å²) in [5.74, 6) is -0.446. The molecule has 96 valence electrons. The van der Waals surface area contributed by atoms with Crippen LogP contribution in [-0.4, -0.2) is 16.6 Å². The Labute approximate surface area is 111 Å². The summed E-state index contributed by atoms with van der Waals surface area (Å²) in [7, 11) is 0. The number of pyridine rings is 1. The van der Waals surface area contributed by atoms with Gasteiger partial charge in [-0.3, -0.25) is 0 Å². The molecule has 0 saturated carbocycles. The van der Waals surface area contributed by atoms with Crippen LogP contribution in [-0.2, 0) is 4.74 Å². The lowest BCUT2D eigenvalue weighted by Crippen LogP contribution is -2.24. The minimum absolute atomic E-state index is 0.270. The molecule has 0 aliphatic carbocycles. The van der Waals surface area contributed by atoms with Crippen molar-refractivity contribution in [1.82, 2.24) is 4.98 Å². The zero-order chi connectivity index (χ0) is 14.0. The van der Waals surface area contributed by atoms with Gasteiger partial charge in [-0.1, -0.05) is 6.07 Å². The van der Waals surface area contributed by atoms with Crippen molar-refractivity contribution in [3.63, 3.8) is 0 Å². The van der Waals surface area contributed by atoms with Crippen molar-refractivity contribution in [2.75, 3.05) is 0 Å². The number of rotatable bonds is 1. The summed E-state index contributed by atoms with van der Waals surface area (Å²) >= 11 is 0. The smallest absolute Gasteiger partial charge is 0.357 e. The van der Waals surface area contributed by atoms with Gasteiger partial charge in [0.1, 0.15) is 11.3 Å². The fourth-order valence-corrected chi connectivity index (χ4v) is 1.65. The molecular weight excluding hydrogens is 240 g/mol. The van der Waals surface area contributed by atoms with Crippen LogP contribution >= 0.6 is 0 Å². The average Bonchev–Trinajstić information content (AvgIpc) is 2.35. The van der Waals surface area contributed by atoms with Crippen molar-refractivity contribution in [2.45, 2.75) is 26.4 Å². The van der Waals surface area contributed by atoms with Gasteiger partial charge in [-0.2, -0.15) is 5.26 Å². The maximum atomic E-state index is 11.9. The van der Waals surface area contributed by atoms with Crippen LogP contribution in [0.3, 0.4) is 0 Å². The second kappa shape index (κ2) is 4.69. The Kier molecular flexibility index (Phi) is 3.22. The summed E-state index contributed by atoms with van der Waals surface area (Å²) in [4.78, 5) is 16.0. The number of hydrogen-bond acceptors (Lipinski definition) is 4. The van der Waals surface area contributed by atoms with Gasteiger partial charge in [-0.05, 0) is 44.4 Å². The van der Waals surface area contributed by atoms with Crippen molar-refractivity contribution in [3.8, 4) is 6.07 Å². The van der Waals surface area contributed by atoms with Gasteiger partial charge in [-0.15, -0.1) is 0 Å². The van der Waals surface area contributed by atoms with E-state index in [0.717, 1.165) is 10.8 Å². The van der Waals surface area contributed by atoms with Gasteiger partial charge in [0.25, 0.3) is 0 Å². The molecule has 0 amide bonds. The number of aromatic nitrogens is 1. The van der Waals surface area contributed by atoms with E-state index < -0.39 is 11.6 Å². The average molecular weight is 254 g/mol. The quantitative estimate of drug-likeness (QED) is 0.734. The van der Waals surface area contributed by atoms with E-state index in [2.05, 4.69) is 11.1 Å². The largest absolute Gasteiger partial charge is 0.455 e. The summed E-state index contributed by atoms with van der Waals surface area (Å²) in [6, 6.07) is 8.98. The molecule has 0 N–H and O–H groups in total. The van der Waals surface area contributed by atoms with Crippen LogP contribution in [0.25, 0.3) is 10.8 Å². The first kappa shape index (κ1) is 13.0. The molecule has 0 radical (unpaired) electrons. The number of hydrogen-bond donors (Lipinski definition) is 0. The van der Waals surface area contributed by atoms with Gasteiger partial charge in [0.2, 0.25) is 0 Å². The van der Waals surface area contributed by atoms with E-state index in [9.17, 15) is 4.79 Å². The topological polar surface area (TPSA) is 63.0 Å². The molecule has 19 heavy (non-hydrogen) atoms. The molecule has 1 aromatic carbocycles. The molecule has 2 rings (SSSR count). The molecule has 1 aromatic heterocycles. The van der Waals surface area contributed by atoms with E-state index in [1.54, 1.807) is 30.5 Å². The Morgan fingerprint density at radius 3 is 2.63 bits per heavy atom. The molecule has 2 aromatic rings. The van der Waals surface area contributed by atoms with E-state index in [-0.39, 0.29) is 5.69 Å². The number of nitriles is 1. The summed E-state index contributed by atoms with van der Waals surface area (Å²) in [5.41, 5.74) is 0.296. The second-order valence-electron chi connectivity index (χ2n) is 5.25. The number of ether oxygens (including phenoxy) is 1. The Bertz CT molecular complexity index is 679. The second-order valence-corrected chi connectivity index (χ2v) is 5.25. The van der Waals surface area contributed by atoms with E-state index in [1.165, 1.54) is 0 Å². The van der Waals surface area contributed by atoms with Gasteiger partial charge in [0, 0.05) is 11.6 Å². The van der Waals surface area contributed by atoms with Crippen LogP contribution < -0.4 is 0 Å². The lowest BCUT2D eigenvalue weighted by Gasteiger charge is -2.19. The summed E-state index contributed by atoms with van der Waals surface area (Å²) in [6.45, 7) is 5.43. The summed E-state index contributed by atoms with van der Waals surface area (Å²) in [5, 5.41) is 10.5. The van der Waals surface area contributed by atoms with Crippen molar-refractivity contribution in [1.29, 1.82) is 5.26 Å². The van der Waals surface area contributed by atoms with Crippen LogP contribution in [0.1, 0.15) is 36.8 Å². The number of carbonyl (C=O) groups is 1. The molecule has 0 aliphatic heterocycles. The highest BCUT2D eigenvalue weighted by Gasteiger charge is 2.18. The van der Waals surface area contributed by atoms with Crippen molar-refractivity contribution >= 4 is 16.7 Å². The highest BCUT2D eigenvalue weighted by atomic mass is 16.6. The van der Waals surface area contributed by atoms with E-state index in [1.807, 2.05) is 20.8 Å². The fourth-order valence-electron chi connectivity index (χ4n) is 1.65. The molecule has 0 atom stereocenters. The third kappa shape index (κ3) is 3.08. The zero-order valence-corrected chi connectivity index (χ0v) is 11.1. The molecule has 0 fully saturated rings. The third-order valence-corrected chi connectivity index (χ3v) is 2.46. The standard InChI is InChI=1S/C15H14N2O2/c1-15(2,3)19-14(18)13-7-11-5-4-10(8-16)6-12(11)9-17-13/h4-7,9H,1-3H3. The van der Waals surface area contributed by atoms with Gasteiger partial charge in [0.05, 0.1) is 11.6 Å². The molecule has 0 bridgehead atoms. The highest BCUT2D eigenvalue weighted by molar-refractivity contribution is 5.93. The zero-order valence-electron chi connectivity index (χ0n) is 11.1.